The van der Waals surface area contributed by atoms with Gasteiger partial charge in [-0.15, -0.1) is 0 Å². The predicted octanol–water partition coefficient (Wildman–Crippen LogP) is 2.60. The predicted molar refractivity (Wildman–Crippen MR) is 73.4 cm³/mol. The monoisotopic (exact) mass is 322 g/mol. The summed E-state index contributed by atoms with van der Waals surface area (Å²) in [5.74, 6) is 0. The van der Waals surface area contributed by atoms with Crippen LogP contribution in [0.3, 0.4) is 0 Å². The van der Waals surface area contributed by atoms with Gasteiger partial charge in [0.15, 0.2) is 0 Å². The summed E-state index contributed by atoms with van der Waals surface area (Å²) in [5.41, 5.74) is 0. The summed E-state index contributed by atoms with van der Waals surface area (Å²) in [5, 5.41) is 0. The van der Waals surface area contributed by atoms with Gasteiger partial charge in [0.1, 0.15) is 0 Å². The average Bonchev–Trinajstić information content (AvgIpc) is 2.01. The van der Waals surface area contributed by atoms with E-state index in [0.29, 0.717) is 0 Å². The number of hydrogen-bond donors (Lipinski definition) is 0. The van der Waals surface area contributed by atoms with Crippen molar-refractivity contribution in [3.8, 4) is 0 Å². The van der Waals surface area contributed by atoms with Gasteiger partial charge in [0.05, 0.1) is 0 Å². The first-order valence-electron chi connectivity index (χ1n) is 6.13. The molecule has 0 aromatic rings. The summed E-state index contributed by atoms with van der Waals surface area (Å²) in [6.45, 7) is 2.54. The second-order valence-electron chi connectivity index (χ2n) is 5.98. The molecule has 3 heteroatoms. The van der Waals surface area contributed by atoms with E-state index in [-0.39, 0.29) is 0 Å². The Balaban J connectivity index is 3.57. The van der Waals surface area contributed by atoms with Crippen LogP contribution in [-0.2, 0) is 0 Å². The van der Waals surface area contributed by atoms with E-state index in [4.69, 9.17) is 0 Å². The summed E-state index contributed by atoms with van der Waals surface area (Å²) in [6.07, 6.45) is 2.83. The minimum atomic E-state index is -1.61. The zero-order valence-corrected chi connectivity index (χ0v) is 14.5. The molecule has 0 heterocycles. The number of rotatable bonds is 8. The molecular formula is C12H30N2Sn. The molecule has 0 atom stereocenters. The van der Waals surface area contributed by atoms with Gasteiger partial charge in [-0.1, -0.05) is 0 Å². The zero-order valence-electron chi connectivity index (χ0n) is 11.6. The molecule has 0 unspecified atom stereocenters. The van der Waals surface area contributed by atoms with E-state index in [0.717, 1.165) is 0 Å². The van der Waals surface area contributed by atoms with Gasteiger partial charge < -0.3 is 0 Å². The van der Waals surface area contributed by atoms with Gasteiger partial charge in [0, 0.05) is 0 Å². The SMILES string of the molecule is CN(C)CC[CH2][Sn]([CH3])([CH3])[CH2]CCN(C)C. The van der Waals surface area contributed by atoms with E-state index in [9.17, 15) is 0 Å². The second-order valence-corrected chi connectivity index (χ2v) is 21.2. The summed E-state index contributed by atoms with van der Waals surface area (Å²) in [4.78, 5) is 9.84. The molecule has 0 rings (SSSR count). The van der Waals surface area contributed by atoms with Crippen LogP contribution in [0.5, 0.6) is 0 Å². The summed E-state index contributed by atoms with van der Waals surface area (Å²) in [7, 11) is 8.70. The number of nitrogens with zero attached hydrogens (tertiary/aromatic N) is 2. The quantitative estimate of drug-likeness (QED) is 0.634. The first-order valence-corrected chi connectivity index (χ1v) is 15.9. The molecule has 0 aromatic carbocycles. The molecule has 15 heavy (non-hydrogen) atoms. The normalized spacial score (nSPS) is 12.8. The number of hydrogen-bond acceptors (Lipinski definition) is 2. The van der Waals surface area contributed by atoms with Gasteiger partial charge in [0.2, 0.25) is 0 Å². The van der Waals surface area contributed by atoms with Gasteiger partial charge in [-0.05, 0) is 0 Å². The van der Waals surface area contributed by atoms with E-state index in [1.54, 1.807) is 8.87 Å². The third-order valence-corrected chi connectivity index (χ3v) is 12.7. The summed E-state index contributed by atoms with van der Waals surface area (Å²) < 4.78 is 3.11. The topological polar surface area (TPSA) is 6.48 Å². The molecule has 0 radical (unpaired) electrons. The van der Waals surface area contributed by atoms with Crippen LogP contribution in [0, 0.1) is 0 Å². The molecule has 2 nitrogen and oxygen atoms in total. The Morgan fingerprint density at radius 3 is 1.33 bits per heavy atom. The fourth-order valence-corrected chi connectivity index (χ4v) is 8.95. The first kappa shape index (κ1) is 15.7. The van der Waals surface area contributed by atoms with Crippen molar-refractivity contribution in [2.75, 3.05) is 41.3 Å². The Kier molecular flexibility index (Phi) is 8.28. The van der Waals surface area contributed by atoms with Crippen molar-refractivity contribution in [3.05, 3.63) is 0 Å². The van der Waals surface area contributed by atoms with E-state index < -0.39 is 18.4 Å². The van der Waals surface area contributed by atoms with Crippen LogP contribution in [0.4, 0.5) is 0 Å². The van der Waals surface area contributed by atoms with Gasteiger partial charge in [-0.2, -0.15) is 0 Å². The molecule has 0 spiro atoms. The van der Waals surface area contributed by atoms with Crippen LogP contribution in [0.25, 0.3) is 0 Å². The third-order valence-electron chi connectivity index (χ3n) is 2.92. The zero-order chi connectivity index (χ0) is 11.9. The summed E-state index contributed by atoms with van der Waals surface area (Å²) >= 11 is -1.61. The Morgan fingerprint density at radius 2 is 1.07 bits per heavy atom. The van der Waals surface area contributed by atoms with Crippen molar-refractivity contribution < 1.29 is 0 Å². The molecule has 0 aliphatic rings. The van der Waals surface area contributed by atoms with Crippen molar-refractivity contribution in [1.29, 1.82) is 0 Å². The fourth-order valence-electron chi connectivity index (χ4n) is 1.87. The summed E-state index contributed by atoms with van der Waals surface area (Å²) in [6, 6.07) is 0. The van der Waals surface area contributed by atoms with Crippen LogP contribution in [-0.4, -0.2) is 69.5 Å². The molecule has 0 aromatic heterocycles. The molecule has 0 aliphatic carbocycles. The molecule has 92 valence electrons. The van der Waals surface area contributed by atoms with Crippen molar-refractivity contribution in [3.63, 3.8) is 0 Å². The van der Waals surface area contributed by atoms with Crippen molar-refractivity contribution in [2.45, 2.75) is 31.6 Å². The second kappa shape index (κ2) is 7.91. The van der Waals surface area contributed by atoms with E-state index in [2.05, 4.69) is 47.9 Å². The molecule has 0 amide bonds. The molecular weight excluding hydrogens is 291 g/mol. The van der Waals surface area contributed by atoms with Gasteiger partial charge >= 0.3 is 101 Å². The van der Waals surface area contributed by atoms with Crippen LogP contribution >= 0.6 is 0 Å². The molecule has 0 saturated heterocycles. The Morgan fingerprint density at radius 1 is 0.733 bits per heavy atom. The van der Waals surface area contributed by atoms with Crippen LogP contribution < -0.4 is 0 Å². The molecule has 0 bridgehead atoms. The third kappa shape index (κ3) is 11.0. The van der Waals surface area contributed by atoms with Crippen molar-refractivity contribution in [1.82, 2.24) is 9.80 Å². The maximum atomic E-state index is 2.61. The van der Waals surface area contributed by atoms with Crippen LogP contribution in [0.2, 0.25) is 18.8 Å². The van der Waals surface area contributed by atoms with E-state index in [1.165, 1.54) is 25.9 Å². The van der Waals surface area contributed by atoms with Gasteiger partial charge in [0.25, 0.3) is 0 Å². The van der Waals surface area contributed by atoms with Gasteiger partial charge in [-0.25, -0.2) is 0 Å². The maximum absolute atomic E-state index is 2.61. The van der Waals surface area contributed by atoms with E-state index in [1.807, 2.05) is 0 Å². The fraction of sp³-hybridized carbons (Fsp3) is 1.00. The van der Waals surface area contributed by atoms with E-state index >= 15 is 0 Å². The van der Waals surface area contributed by atoms with Crippen molar-refractivity contribution >= 4 is 18.4 Å². The molecule has 0 saturated carbocycles. The molecule has 0 aliphatic heterocycles. The average molecular weight is 321 g/mol. The minimum absolute atomic E-state index is 1.27. The Bertz CT molecular complexity index is 140. The van der Waals surface area contributed by atoms with Crippen LogP contribution in [0.15, 0.2) is 0 Å². The van der Waals surface area contributed by atoms with Gasteiger partial charge in [-0.3, -0.25) is 0 Å². The standard InChI is InChI=1S/2C5H12N.2CH3.Sn/c2*1-4-5-6(2)3;;;/h2*1,4-5H2,2-3H3;2*1H3;. The molecule has 0 N–H and O–H groups in total. The molecule has 0 fully saturated rings. The first-order chi connectivity index (χ1) is 6.83. The Labute approximate surface area is 101 Å². The Hall–Kier alpha value is 0.719. The van der Waals surface area contributed by atoms with Crippen molar-refractivity contribution in [2.24, 2.45) is 0 Å². The van der Waals surface area contributed by atoms with Crippen LogP contribution in [0.1, 0.15) is 12.8 Å².